The normalized spacial score (nSPS) is 22.6. The van der Waals surface area contributed by atoms with E-state index in [0.29, 0.717) is 0 Å². The lowest BCUT2D eigenvalue weighted by molar-refractivity contribution is -0.147. The molecule has 0 radical (unpaired) electrons. The van der Waals surface area contributed by atoms with Crippen LogP contribution in [0.4, 0.5) is 0 Å². The first-order valence-electron chi connectivity index (χ1n) is 9.89. The second-order valence-electron chi connectivity index (χ2n) is 8.11. The van der Waals surface area contributed by atoms with Gasteiger partial charge in [0.2, 0.25) is 11.8 Å². The molecule has 0 bridgehead atoms. The number of nitrogens with one attached hydrogen (secondary N) is 2. The predicted octanol–water partition coefficient (Wildman–Crippen LogP) is 2.66. The van der Waals surface area contributed by atoms with Crippen molar-refractivity contribution < 1.29 is 19.1 Å². The summed E-state index contributed by atoms with van der Waals surface area (Å²) in [6.45, 7) is 9.66. The minimum atomic E-state index is -0.717. The Morgan fingerprint density at radius 3 is 1.88 bits per heavy atom. The summed E-state index contributed by atoms with van der Waals surface area (Å²) in [4.78, 5) is 37.2. The lowest BCUT2D eigenvalue weighted by Gasteiger charge is -2.30. The Morgan fingerprint density at radius 1 is 0.923 bits per heavy atom. The van der Waals surface area contributed by atoms with E-state index in [4.69, 9.17) is 4.74 Å². The van der Waals surface area contributed by atoms with Crippen LogP contribution in [0.25, 0.3) is 0 Å². The molecule has 1 aliphatic rings. The van der Waals surface area contributed by atoms with E-state index in [2.05, 4.69) is 17.6 Å². The highest BCUT2D eigenvalue weighted by Crippen LogP contribution is 2.30. The summed E-state index contributed by atoms with van der Waals surface area (Å²) >= 11 is 0. The van der Waals surface area contributed by atoms with Crippen molar-refractivity contribution in [2.45, 2.75) is 78.8 Å². The molecule has 1 rings (SSSR count). The molecule has 0 saturated heterocycles. The van der Waals surface area contributed by atoms with Gasteiger partial charge in [0.25, 0.3) is 0 Å². The van der Waals surface area contributed by atoms with Crippen molar-refractivity contribution in [1.82, 2.24) is 10.6 Å². The fraction of sp³-hybridized carbons (Fsp3) is 0.850. The maximum atomic E-state index is 12.7. The van der Waals surface area contributed by atoms with Crippen LogP contribution in [0.15, 0.2) is 0 Å². The first kappa shape index (κ1) is 22.5. The average Bonchev–Trinajstić information content (AvgIpc) is 2.62. The predicted molar refractivity (Wildman–Crippen MR) is 101 cm³/mol. The zero-order valence-corrected chi connectivity index (χ0v) is 17.1. The molecular formula is C20H36N2O4. The third kappa shape index (κ3) is 6.29. The first-order chi connectivity index (χ1) is 12.2. The van der Waals surface area contributed by atoms with E-state index < -0.39 is 18.1 Å². The van der Waals surface area contributed by atoms with Gasteiger partial charge in [-0.3, -0.25) is 9.59 Å². The molecule has 0 aliphatic heterocycles. The van der Waals surface area contributed by atoms with Crippen LogP contribution in [0, 0.1) is 23.7 Å². The number of rotatable bonds is 8. The van der Waals surface area contributed by atoms with E-state index in [1.807, 2.05) is 27.7 Å². The third-order valence-corrected chi connectivity index (χ3v) is 5.46. The summed E-state index contributed by atoms with van der Waals surface area (Å²) in [6.07, 6.45) is 5.08. The number of methoxy groups -OCH3 is 1. The van der Waals surface area contributed by atoms with Crippen LogP contribution in [0.3, 0.4) is 0 Å². The van der Waals surface area contributed by atoms with Gasteiger partial charge in [-0.2, -0.15) is 0 Å². The van der Waals surface area contributed by atoms with Crippen LogP contribution in [0.2, 0.25) is 0 Å². The third-order valence-electron chi connectivity index (χ3n) is 5.46. The summed E-state index contributed by atoms with van der Waals surface area (Å²) < 4.78 is 4.77. The molecule has 0 aromatic rings. The summed E-state index contributed by atoms with van der Waals surface area (Å²) in [6, 6.07) is -1.37. The topological polar surface area (TPSA) is 84.5 Å². The molecule has 1 fully saturated rings. The van der Waals surface area contributed by atoms with Gasteiger partial charge in [-0.15, -0.1) is 0 Å². The van der Waals surface area contributed by atoms with Crippen molar-refractivity contribution in [3.8, 4) is 0 Å². The molecule has 2 amide bonds. The molecule has 2 atom stereocenters. The van der Waals surface area contributed by atoms with Gasteiger partial charge < -0.3 is 15.4 Å². The maximum absolute atomic E-state index is 12.7. The quantitative estimate of drug-likeness (QED) is 0.645. The molecule has 6 heteroatoms. The number of ether oxygens (including phenoxy) is 1. The van der Waals surface area contributed by atoms with Crippen LogP contribution in [0.1, 0.15) is 66.7 Å². The molecule has 0 aromatic heterocycles. The van der Waals surface area contributed by atoms with E-state index in [1.54, 1.807) is 0 Å². The number of carbonyl (C=O) groups excluding carboxylic acids is 3. The standard InChI is InChI=1S/C20H36N2O4/c1-7-14-8-10-15(11-9-14)18(23)21-16(12(2)3)19(24)22-17(13(4)5)20(25)26-6/h12-17H,7-11H2,1-6H3,(H,21,23)(H,22,24)/t14?,15?,16-,17+/m0/s1. The molecule has 26 heavy (non-hydrogen) atoms. The maximum Gasteiger partial charge on any atom is 0.328 e. The van der Waals surface area contributed by atoms with Crippen molar-refractivity contribution in [3.63, 3.8) is 0 Å². The van der Waals surface area contributed by atoms with Crippen LogP contribution >= 0.6 is 0 Å². The van der Waals surface area contributed by atoms with Crippen LogP contribution in [0.5, 0.6) is 0 Å². The molecular weight excluding hydrogens is 332 g/mol. The van der Waals surface area contributed by atoms with E-state index in [1.165, 1.54) is 7.11 Å². The van der Waals surface area contributed by atoms with E-state index in [9.17, 15) is 14.4 Å². The van der Waals surface area contributed by atoms with Gasteiger partial charge in [0.15, 0.2) is 0 Å². The highest BCUT2D eigenvalue weighted by Gasteiger charge is 2.33. The van der Waals surface area contributed by atoms with Crippen LogP contribution in [-0.2, 0) is 19.1 Å². The van der Waals surface area contributed by atoms with Gasteiger partial charge in [-0.1, -0.05) is 41.0 Å². The van der Waals surface area contributed by atoms with Gasteiger partial charge in [0.1, 0.15) is 12.1 Å². The fourth-order valence-electron chi connectivity index (χ4n) is 3.51. The Kier molecular flexibility index (Phi) is 9.09. The number of esters is 1. The molecule has 0 heterocycles. The lowest BCUT2D eigenvalue weighted by atomic mass is 9.80. The molecule has 0 aromatic carbocycles. The molecule has 1 aliphatic carbocycles. The summed E-state index contributed by atoms with van der Waals surface area (Å²) in [5.41, 5.74) is 0. The zero-order chi connectivity index (χ0) is 19.9. The van der Waals surface area contributed by atoms with E-state index >= 15 is 0 Å². The molecule has 0 spiro atoms. The van der Waals surface area contributed by atoms with Gasteiger partial charge in [-0.05, 0) is 43.4 Å². The Morgan fingerprint density at radius 2 is 1.46 bits per heavy atom. The SMILES string of the molecule is CCC1CCC(C(=O)N[C@H](C(=O)N[C@@H](C(=O)OC)C(C)C)C(C)C)CC1. The van der Waals surface area contributed by atoms with Crippen molar-refractivity contribution in [2.24, 2.45) is 23.7 Å². The van der Waals surface area contributed by atoms with E-state index in [0.717, 1.165) is 38.0 Å². The smallest absolute Gasteiger partial charge is 0.328 e. The average molecular weight is 369 g/mol. The molecule has 0 unspecified atom stereocenters. The highest BCUT2D eigenvalue weighted by atomic mass is 16.5. The van der Waals surface area contributed by atoms with Crippen molar-refractivity contribution in [3.05, 3.63) is 0 Å². The summed E-state index contributed by atoms with van der Waals surface area (Å²) in [7, 11) is 1.30. The monoisotopic (exact) mass is 368 g/mol. The zero-order valence-electron chi connectivity index (χ0n) is 17.1. The molecule has 6 nitrogen and oxygen atoms in total. The Bertz CT molecular complexity index is 482. The number of amides is 2. The minimum Gasteiger partial charge on any atom is -0.467 e. The Hall–Kier alpha value is -1.59. The largest absolute Gasteiger partial charge is 0.467 e. The Labute approximate surface area is 157 Å². The number of hydrogen-bond donors (Lipinski definition) is 2. The minimum absolute atomic E-state index is 0.0200. The highest BCUT2D eigenvalue weighted by molar-refractivity contribution is 5.91. The van der Waals surface area contributed by atoms with Gasteiger partial charge in [0.05, 0.1) is 7.11 Å². The van der Waals surface area contributed by atoms with Crippen molar-refractivity contribution in [1.29, 1.82) is 0 Å². The fourth-order valence-corrected chi connectivity index (χ4v) is 3.51. The van der Waals surface area contributed by atoms with Crippen LogP contribution < -0.4 is 10.6 Å². The Balaban J connectivity index is 2.71. The summed E-state index contributed by atoms with van der Waals surface area (Å²) in [5, 5.41) is 5.66. The lowest BCUT2D eigenvalue weighted by Crippen LogP contribution is -2.56. The van der Waals surface area contributed by atoms with Crippen LogP contribution in [-0.4, -0.2) is 37.0 Å². The second-order valence-corrected chi connectivity index (χ2v) is 8.11. The summed E-state index contributed by atoms with van der Waals surface area (Å²) in [5.74, 6) is -0.327. The molecule has 1 saturated carbocycles. The first-order valence-corrected chi connectivity index (χ1v) is 9.89. The second kappa shape index (κ2) is 10.5. The van der Waals surface area contributed by atoms with Crippen molar-refractivity contribution in [2.75, 3.05) is 7.11 Å². The molecule has 150 valence electrons. The van der Waals surface area contributed by atoms with Crippen molar-refractivity contribution >= 4 is 17.8 Å². The van der Waals surface area contributed by atoms with Gasteiger partial charge >= 0.3 is 5.97 Å². The van der Waals surface area contributed by atoms with Gasteiger partial charge in [0, 0.05) is 5.92 Å². The molecule has 2 N–H and O–H groups in total. The number of hydrogen-bond acceptors (Lipinski definition) is 4. The van der Waals surface area contributed by atoms with E-state index in [-0.39, 0.29) is 29.6 Å². The van der Waals surface area contributed by atoms with Gasteiger partial charge in [-0.25, -0.2) is 4.79 Å². The number of carbonyl (C=O) groups is 3.